The standard InChI is InChI=1S/C17H19F17/c1-8(14(23,24)25)3-9(15(26,27)28)4-10(16(29,30)31)5-12(19,20)7-13(21,22)6-11(2,18)17(32,33)34/h8-10H,3-7H2,1-2H3. The predicted octanol–water partition coefficient (Wildman–Crippen LogP) is 9.05. The van der Waals surface area contributed by atoms with Crippen molar-refractivity contribution >= 4 is 0 Å². The minimum atomic E-state index is -5.96. The van der Waals surface area contributed by atoms with Crippen molar-refractivity contribution in [2.24, 2.45) is 17.8 Å². The molecule has 0 fully saturated rings. The molecule has 0 aliphatic rings. The van der Waals surface area contributed by atoms with Gasteiger partial charge in [0.05, 0.1) is 30.6 Å². The third-order valence-corrected chi connectivity index (χ3v) is 4.94. The maximum absolute atomic E-state index is 13.9. The van der Waals surface area contributed by atoms with E-state index in [4.69, 9.17) is 0 Å². The molecule has 17 heteroatoms. The van der Waals surface area contributed by atoms with Crippen molar-refractivity contribution in [1.29, 1.82) is 0 Å². The Bertz CT molecular complexity index is 634. The first-order chi connectivity index (χ1) is 14.5. The highest BCUT2D eigenvalue weighted by Crippen LogP contribution is 2.49. The minimum absolute atomic E-state index is 0.200. The van der Waals surface area contributed by atoms with Crippen LogP contribution in [0, 0.1) is 17.8 Å². The molecule has 0 saturated heterocycles. The van der Waals surface area contributed by atoms with E-state index < -0.39 is 99.0 Å². The summed E-state index contributed by atoms with van der Waals surface area (Å²) >= 11 is 0. The van der Waals surface area contributed by atoms with Crippen molar-refractivity contribution in [3.05, 3.63) is 0 Å². The van der Waals surface area contributed by atoms with E-state index in [2.05, 4.69) is 0 Å². The lowest BCUT2D eigenvalue weighted by Gasteiger charge is -2.33. The molecule has 0 bridgehead atoms. The molecule has 0 aromatic rings. The van der Waals surface area contributed by atoms with Gasteiger partial charge >= 0.3 is 24.7 Å². The summed E-state index contributed by atoms with van der Waals surface area (Å²) in [7, 11) is 0. The van der Waals surface area contributed by atoms with Crippen molar-refractivity contribution < 1.29 is 74.6 Å². The van der Waals surface area contributed by atoms with Gasteiger partial charge in [-0.2, -0.15) is 52.7 Å². The average Bonchev–Trinajstić information content (AvgIpc) is 2.46. The second kappa shape index (κ2) is 10.1. The molecular formula is C17H19F17. The molecule has 0 saturated carbocycles. The molecule has 0 amide bonds. The highest BCUT2D eigenvalue weighted by Gasteiger charge is 2.60. The molecule has 0 aliphatic carbocycles. The zero-order chi connectivity index (χ0) is 27.8. The van der Waals surface area contributed by atoms with E-state index in [1.807, 2.05) is 0 Å². The van der Waals surface area contributed by atoms with Crippen LogP contribution in [0.4, 0.5) is 74.6 Å². The predicted molar refractivity (Wildman–Crippen MR) is 82.9 cm³/mol. The first kappa shape index (κ1) is 32.8. The SMILES string of the molecule is CC(CC(CC(CC(F)(F)CC(F)(F)CC(C)(F)C(F)(F)F)C(F)(F)F)C(F)(F)F)C(F)(F)F. The molecule has 0 aromatic carbocycles. The van der Waals surface area contributed by atoms with Crippen LogP contribution in [-0.4, -0.2) is 42.2 Å². The Morgan fingerprint density at radius 2 is 0.912 bits per heavy atom. The lowest BCUT2D eigenvalue weighted by Crippen LogP contribution is -2.45. The smallest absolute Gasteiger partial charge is 0.234 e. The van der Waals surface area contributed by atoms with Crippen LogP contribution in [-0.2, 0) is 0 Å². The normalized spacial score (nSPS) is 19.5. The topological polar surface area (TPSA) is 0 Å². The molecular weight excluding hydrogens is 527 g/mol. The van der Waals surface area contributed by atoms with E-state index in [1.165, 1.54) is 0 Å². The van der Waals surface area contributed by atoms with E-state index in [9.17, 15) is 74.6 Å². The Labute approximate surface area is 181 Å². The quantitative estimate of drug-likeness (QED) is 0.240. The van der Waals surface area contributed by atoms with Gasteiger partial charge in [0.25, 0.3) is 11.8 Å². The largest absolute Gasteiger partial charge is 0.422 e. The maximum atomic E-state index is 13.9. The fourth-order valence-corrected chi connectivity index (χ4v) is 3.06. The van der Waals surface area contributed by atoms with Crippen molar-refractivity contribution in [2.45, 2.75) is 88.2 Å². The van der Waals surface area contributed by atoms with Gasteiger partial charge in [0.1, 0.15) is 0 Å². The zero-order valence-corrected chi connectivity index (χ0v) is 17.2. The number of rotatable bonds is 10. The number of hydrogen-bond donors (Lipinski definition) is 0. The molecule has 0 N–H and O–H groups in total. The number of alkyl halides is 17. The maximum Gasteiger partial charge on any atom is 0.422 e. The molecule has 4 unspecified atom stereocenters. The fraction of sp³-hybridized carbons (Fsp3) is 1.00. The van der Waals surface area contributed by atoms with Crippen LogP contribution in [0.5, 0.6) is 0 Å². The molecule has 0 nitrogen and oxygen atoms in total. The van der Waals surface area contributed by atoms with Crippen LogP contribution in [0.1, 0.15) is 46.0 Å². The summed E-state index contributed by atoms with van der Waals surface area (Å²) in [6.07, 6.45) is -36.0. The second-order valence-corrected chi connectivity index (χ2v) is 8.36. The first-order valence-corrected chi connectivity index (χ1v) is 9.22. The Morgan fingerprint density at radius 1 is 0.500 bits per heavy atom. The molecule has 0 radical (unpaired) electrons. The van der Waals surface area contributed by atoms with Gasteiger partial charge in [-0.05, 0) is 19.8 Å². The van der Waals surface area contributed by atoms with Gasteiger partial charge in [-0.3, -0.25) is 0 Å². The first-order valence-electron chi connectivity index (χ1n) is 9.22. The van der Waals surface area contributed by atoms with Gasteiger partial charge < -0.3 is 0 Å². The summed E-state index contributed by atoms with van der Waals surface area (Å²) in [4.78, 5) is 0. The lowest BCUT2D eigenvalue weighted by molar-refractivity contribution is -0.254. The molecule has 0 aromatic heterocycles. The highest BCUT2D eigenvalue weighted by molar-refractivity contribution is 4.92. The van der Waals surface area contributed by atoms with Crippen LogP contribution < -0.4 is 0 Å². The van der Waals surface area contributed by atoms with Crippen molar-refractivity contribution in [3.8, 4) is 0 Å². The third kappa shape index (κ3) is 10.6. The number of halogens is 17. The summed E-state index contributed by atoms with van der Waals surface area (Å²) in [5.41, 5.74) is -4.73. The number of hydrogen-bond acceptors (Lipinski definition) is 0. The summed E-state index contributed by atoms with van der Waals surface area (Å²) in [6.45, 7) is -0.238. The zero-order valence-electron chi connectivity index (χ0n) is 17.2. The second-order valence-electron chi connectivity index (χ2n) is 8.36. The Morgan fingerprint density at radius 3 is 1.24 bits per heavy atom. The van der Waals surface area contributed by atoms with Crippen LogP contribution in [0.25, 0.3) is 0 Å². The van der Waals surface area contributed by atoms with Crippen LogP contribution in [0.3, 0.4) is 0 Å². The summed E-state index contributed by atoms with van der Waals surface area (Å²) in [5.74, 6) is -20.5. The summed E-state index contributed by atoms with van der Waals surface area (Å²) in [5, 5.41) is 0. The van der Waals surface area contributed by atoms with Gasteiger partial charge in [0.2, 0.25) is 5.67 Å². The van der Waals surface area contributed by atoms with E-state index >= 15 is 0 Å². The van der Waals surface area contributed by atoms with E-state index in [-0.39, 0.29) is 6.92 Å². The fourth-order valence-electron chi connectivity index (χ4n) is 3.06. The van der Waals surface area contributed by atoms with Crippen molar-refractivity contribution in [1.82, 2.24) is 0 Å². The molecule has 0 rings (SSSR count). The van der Waals surface area contributed by atoms with E-state index in [1.54, 1.807) is 0 Å². The Hall–Kier alpha value is -1.19. The van der Waals surface area contributed by atoms with Gasteiger partial charge in [0.15, 0.2) is 0 Å². The molecule has 4 atom stereocenters. The van der Waals surface area contributed by atoms with E-state index in [0.717, 1.165) is 0 Å². The monoisotopic (exact) mass is 546 g/mol. The minimum Gasteiger partial charge on any atom is -0.234 e. The van der Waals surface area contributed by atoms with Gasteiger partial charge in [-0.15, -0.1) is 0 Å². The average molecular weight is 546 g/mol. The summed E-state index contributed by atoms with van der Waals surface area (Å²) in [6, 6.07) is 0. The molecule has 34 heavy (non-hydrogen) atoms. The lowest BCUT2D eigenvalue weighted by atomic mass is 9.82. The molecule has 0 aliphatic heterocycles. The van der Waals surface area contributed by atoms with Crippen LogP contribution >= 0.6 is 0 Å². The third-order valence-electron chi connectivity index (χ3n) is 4.94. The van der Waals surface area contributed by atoms with E-state index in [0.29, 0.717) is 0 Å². The molecule has 0 spiro atoms. The van der Waals surface area contributed by atoms with Crippen LogP contribution in [0.2, 0.25) is 0 Å². The van der Waals surface area contributed by atoms with Gasteiger partial charge in [-0.1, -0.05) is 6.92 Å². The van der Waals surface area contributed by atoms with Gasteiger partial charge in [-0.25, -0.2) is 22.0 Å². The van der Waals surface area contributed by atoms with Gasteiger partial charge in [0, 0.05) is 6.42 Å². The molecule has 206 valence electrons. The van der Waals surface area contributed by atoms with Crippen molar-refractivity contribution in [2.75, 3.05) is 0 Å². The van der Waals surface area contributed by atoms with Crippen LogP contribution in [0.15, 0.2) is 0 Å². The van der Waals surface area contributed by atoms with Crippen molar-refractivity contribution in [3.63, 3.8) is 0 Å². The summed E-state index contributed by atoms with van der Waals surface area (Å²) < 4.78 is 222. The Kier molecular flexibility index (Phi) is 9.70. The highest BCUT2D eigenvalue weighted by atomic mass is 19.4. The molecule has 0 heterocycles. The Balaban J connectivity index is 5.78.